The summed E-state index contributed by atoms with van der Waals surface area (Å²) >= 11 is 0. The first kappa shape index (κ1) is 56.9. The number of rotatable bonds is 6. The van der Waals surface area contributed by atoms with Crippen molar-refractivity contribution in [2.75, 3.05) is 19.8 Å². The Hall–Kier alpha value is -3.37. The van der Waals surface area contributed by atoms with Gasteiger partial charge in [0, 0.05) is 48.3 Å². The van der Waals surface area contributed by atoms with Crippen LogP contribution in [-0.2, 0) is 33.6 Å². The van der Waals surface area contributed by atoms with E-state index in [1.54, 1.807) is 12.2 Å². The topological polar surface area (TPSA) is 261 Å². The number of fused-ring (bicyclic) bond motifs is 15. The molecule has 0 aromatic carbocycles. The van der Waals surface area contributed by atoms with Crippen molar-refractivity contribution in [1.29, 1.82) is 0 Å². The van der Waals surface area contributed by atoms with E-state index < -0.39 is 59.0 Å². The van der Waals surface area contributed by atoms with Gasteiger partial charge in [0.15, 0.2) is 34.7 Å². The van der Waals surface area contributed by atoms with E-state index in [0.717, 1.165) is 76.2 Å². The summed E-state index contributed by atoms with van der Waals surface area (Å²) < 4.78 is 0. The van der Waals surface area contributed by atoms with Gasteiger partial charge < -0.3 is 35.7 Å². The van der Waals surface area contributed by atoms with Gasteiger partial charge in [0.2, 0.25) is 0 Å². The minimum Gasteiger partial charge on any atom is -0.393 e. The van der Waals surface area contributed by atoms with Gasteiger partial charge in [-0.05, 0) is 196 Å². The molecule has 0 heterocycles. The van der Waals surface area contributed by atoms with Gasteiger partial charge >= 0.3 is 0 Å². The van der Waals surface area contributed by atoms with E-state index in [4.69, 9.17) is 0 Å². The number of aliphatic hydroxyl groups excluding tert-OH is 5. The standard InChI is InChI=1S/C21H30O5.C21H28O5.C21H30O4/c2*1-19-7-5-13(23)9-12(19)3-4-14-15-6-8-21(26,17(25)11-22)20(15,2)10-16(24)18(14)19;1-20-8-7-13(23)9-12(20)3-4-14-15-5-6-16(18(25)11-22)21(15,2)10-17(24)19(14)20/h9,14-16,18,22,24,26H,3-8,10-11H2,1-2H3;9,14-15,18,22,26H,3-8,10-11H2,1-2H3;9,14-17,19,22,24H,3-8,10-11H2,1-2H3/t14-,15-,16-,18+,19-,20-,21-;14-,15-,18+,19-,20-,21-;14-,15-,16+,17-,19+,20-,21-/m000/s1. The second-order valence-electron chi connectivity index (χ2n) is 28.4. The molecule has 12 aliphatic rings. The second-order valence-corrected chi connectivity index (χ2v) is 28.4. The fraction of sp³-hybridized carbons (Fsp3) is 0.794. The van der Waals surface area contributed by atoms with Crippen LogP contribution in [0.4, 0.5) is 0 Å². The van der Waals surface area contributed by atoms with E-state index in [1.807, 2.05) is 19.9 Å². The van der Waals surface area contributed by atoms with E-state index in [9.17, 15) is 69.3 Å². The highest BCUT2D eigenvalue weighted by atomic mass is 16.3. The Morgan fingerprint density at radius 3 is 1.42 bits per heavy atom. The molecule has 0 spiro atoms. The molecule has 0 aliphatic heterocycles. The van der Waals surface area contributed by atoms with Gasteiger partial charge in [-0.3, -0.25) is 33.6 Å². The van der Waals surface area contributed by atoms with Gasteiger partial charge in [-0.15, -0.1) is 0 Å². The maximum Gasteiger partial charge on any atom is 0.190 e. The molecule has 0 unspecified atom stereocenters. The van der Waals surface area contributed by atoms with Crippen LogP contribution in [0.1, 0.15) is 176 Å². The summed E-state index contributed by atoms with van der Waals surface area (Å²) in [4.78, 5) is 86.0. The number of hydrogen-bond acceptors (Lipinski definition) is 14. The first-order valence-corrected chi connectivity index (χ1v) is 29.6. The molecule has 7 N–H and O–H groups in total. The molecule has 0 amide bonds. The largest absolute Gasteiger partial charge is 0.393 e. The zero-order valence-corrected chi connectivity index (χ0v) is 46.6. The van der Waals surface area contributed by atoms with Crippen LogP contribution in [-0.4, -0.2) is 119 Å². The average molecular weight is 1070 g/mol. The lowest BCUT2D eigenvalue weighted by atomic mass is 9.45. The smallest absolute Gasteiger partial charge is 0.190 e. The maximum atomic E-state index is 13.3. The Balaban J connectivity index is 0.000000131. The molecular formula is C63H88O14. The van der Waals surface area contributed by atoms with Crippen LogP contribution in [0.3, 0.4) is 0 Å². The third-order valence-electron chi connectivity index (χ3n) is 25.5. The highest BCUT2D eigenvalue weighted by Gasteiger charge is 2.70. The van der Waals surface area contributed by atoms with Gasteiger partial charge in [0.25, 0.3) is 0 Å². The van der Waals surface area contributed by atoms with Crippen molar-refractivity contribution in [3.8, 4) is 0 Å². The summed E-state index contributed by atoms with van der Waals surface area (Å²) in [6.07, 6.45) is 18.9. The number of ketones is 7. The van der Waals surface area contributed by atoms with Crippen molar-refractivity contribution in [2.45, 2.75) is 200 Å². The summed E-state index contributed by atoms with van der Waals surface area (Å²) in [5, 5.41) is 72.8. The molecule has 14 nitrogen and oxygen atoms in total. The van der Waals surface area contributed by atoms with Crippen molar-refractivity contribution >= 4 is 40.5 Å². The second kappa shape index (κ2) is 19.7. The fourth-order valence-electron chi connectivity index (χ4n) is 21.6. The van der Waals surface area contributed by atoms with Crippen LogP contribution in [0, 0.1) is 91.7 Å². The third kappa shape index (κ3) is 8.24. The Morgan fingerprint density at radius 2 is 0.922 bits per heavy atom. The first-order valence-electron chi connectivity index (χ1n) is 29.6. The lowest BCUT2D eigenvalue weighted by Gasteiger charge is -2.60. The third-order valence-corrected chi connectivity index (χ3v) is 25.5. The average Bonchev–Trinajstić information content (AvgIpc) is 4.22. The molecule has 0 radical (unpaired) electrons. The number of carbonyl (C=O) groups is 7. The van der Waals surface area contributed by atoms with E-state index in [0.29, 0.717) is 69.6 Å². The molecular weight excluding hydrogens is 981 g/mol. The lowest BCUT2D eigenvalue weighted by molar-refractivity contribution is -0.182. The fourth-order valence-corrected chi connectivity index (χ4v) is 21.6. The molecule has 77 heavy (non-hydrogen) atoms. The number of allylic oxidation sites excluding steroid dienone is 3. The van der Waals surface area contributed by atoms with Crippen LogP contribution in [0.25, 0.3) is 0 Å². The normalized spacial score (nSPS) is 49.1. The summed E-state index contributed by atoms with van der Waals surface area (Å²) in [6.45, 7) is 10.8. The molecule has 0 aromatic heterocycles. The highest BCUT2D eigenvalue weighted by molar-refractivity contribution is 5.95. The molecule has 0 saturated heterocycles. The van der Waals surface area contributed by atoms with Crippen molar-refractivity contribution in [2.24, 2.45) is 91.7 Å². The number of aliphatic hydroxyl groups is 7. The van der Waals surface area contributed by atoms with Gasteiger partial charge in [0.05, 0.1) is 12.2 Å². The Bertz CT molecular complexity index is 2600. The quantitative estimate of drug-likeness (QED) is 0.151. The van der Waals surface area contributed by atoms with Crippen LogP contribution in [0.5, 0.6) is 0 Å². The number of Topliss-reactive ketones (excluding diaryl/α,β-unsaturated/α-hetero) is 4. The highest BCUT2D eigenvalue weighted by Crippen LogP contribution is 2.70. The molecule has 0 aromatic rings. The monoisotopic (exact) mass is 1070 g/mol. The van der Waals surface area contributed by atoms with E-state index in [-0.39, 0.29) is 111 Å². The number of carbonyl (C=O) groups excluding carboxylic acids is 7. The van der Waals surface area contributed by atoms with E-state index >= 15 is 0 Å². The van der Waals surface area contributed by atoms with E-state index in [1.165, 1.54) is 11.1 Å². The molecule has 14 heteroatoms. The molecule has 424 valence electrons. The molecule has 9 fully saturated rings. The van der Waals surface area contributed by atoms with Gasteiger partial charge in [-0.1, -0.05) is 58.3 Å². The predicted octanol–water partition coefficient (Wildman–Crippen LogP) is 6.44. The first-order chi connectivity index (χ1) is 36.1. The van der Waals surface area contributed by atoms with Gasteiger partial charge in [-0.25, -0.2) is 0 Å². The molecule has 9 saturated carbocycles. The van der Waals surface area contributed by atoms with Gasteiger partial charge in [-0.2, -0.15) is 0 Å². The molecule has 12 rings (SSSR count). The van der Waals surface area contributed by atoms with Crippen molar-refractivity contribution in [3.63, 3.8) is 0 Å². The molecule has 12 aliphatic carbocycles. The Labute approximate surface area is 454 Å². The molecule has 0 bridgehead atoms. The van der Waals surface area contributed by atoms with Crippen LogP contribution >= 0.6 is 0 Å². The van der Waals surface area contributed by atoms with Gasteiger partial charge in [0.1, 0.15) is 36.8 Å². The van der Waals surface area contributed by atoms with Crippen LogP contribution in [0.2, 0.25) is 0 Å². The minimum absolute atomic E-state index is 0.0541. The maximum absolute atomic E-state index is 13.3. The van der Waals surface area contributed by atoms with Crippen molar-refractivity contribution in [1.82, 2.24) is 0 Å². The summed E-state index contributed by atoms with van der Waals surface area (Å²) in [6, 6.07) is 0. The minimum atomic E-state index is -1.60. The lowest BCUT2D eigenvalue weighted by Crippen LogP contribution is -2.62. The van der Waals surface area contributed by atoms with Crippen LogP contribution < -0.4 is 0 Å². The molecule has 20 atom stereocenters. The zero-order chi connectivity index (χ0) is 55.8. The Morgan fingerprint density at radius 1 is 0.494 bits per heavy atom. The summed E-state index contributed by atoms with van der Waals surface area (Å²) in [5.41, 5.74) is -1.81. The van der Waals surface area contributed by atoms with Crippen molar-refractivity contribution < 1.29 is 69.3 Å². The predicted molar refractivity (Wildman–Crippen MR) is 283 cm³/mol. The van der Waals surface area contributed by atoms with Crippen molar-refractivity contribution in [3.05, 3.63) is 34.9 Å². The van der Waals surface area contributed by atoms with E-state index in [2.05, 4.69) is 27.7 Å². The zero-order valence-electron chi connectivity index (χ0n) is 46.6. The van der Waals surface area contributed by atoms with Crippen LogP contribution in [0.15, 0.2) is 34.9 Å². The Kier molecular flexibility index (Phi) is 14.5. The SMILES string of the molecule is C[C@]12CCC(=O)C=C1CC[C@@H]1[C@@H]2C(=O)C[C@@]2(C)[C@H]1CC[C@]2(O)C(=O)CO.C[C@]12CCC(=O)C=C1CC[C@@H]1[C@@H]2[C@@H](O)C[C@@]2(C)[C@H]1CC[C@]2(O)C(=O)CO.C[C@]12C[C@H](O)[C@H]3[C@@H](CCC4=CC(=O)CC[C@@]43C)[C@@H]1CC[C@@H]2C(=O)CO. The number of hydrogen-bond donors (Lipinski definition) is 7. The summed E-state index contributed by atoms with van der Waals surface area (Å²) in [7, 11) is 0. The summed E-state index contributed by atoms with van der Waals surface area (Å²) in [5.74, 6) is 1.09.